The quantitative estimate of drug-likeness (QED) is 0.719. The molecule has 0 spiro atoms. The molecule has 4 rings (SSSR count). The van der Waals surface area contributed by atoms with E-state index in [1.54, 1.807) is 17.5 Å². The number of rotatable bonds is 6. The first-order chi connectivity index (χ1) is 14.1. The smallest absolute Gasteiger partial charge is 0.226 e. The van der Waals surface area contributed by atoms with E-state index in [9.17, 15) is 9.59 Å². The molecule has 1 N–H and O–H groups in total. The van der Waals surface area contributed by atoms with Crippen LogP contribution in [0.3, 0.4) is 0 Å². The van der Waals surface area contributed by atoms with E-state index < -0.39 is 0 Å². The average molecular weight is 433 g/mol. The van der Waals surface area contributed by atoms with E-state index in [0.29, 0.717) is 23.9 Å². The number of carbonyl (C=O) groups excluding carboxylic acids is 2. The van der Waals surface area contributed by atoms with Crippen molar-refractivity contribution in [3.8, 4) is 0 Å². The normalized spacial score (nSPS) is 21.7. The van der Waals surface area contributed by atoms with Crippen LogP contribution in [0.1, 0.15) is 68.7 Å². The minimum absolute atomic E-state index is 0.0195. The van der Waals surface area contributed by atoms with Gasteiger partial charge in [0.1, 0.15) is 0 Å². The lowest BCUT2D eigenvalue weighted by molar-refractivity contribution is -0.136. The molecule has 1 saturated heterocycles. The standard InChI is InChI=1S/C21H28N4O2S2/c26-17(24-20-23-9-12-29-20)13-21(6-2-1-3-7-21)14-18(27)25-10-4-5-16(15-25)19-22-8-11-28-19/h8-9,11-12,16H,1-7,10,13-15H2,(H,23,24,26). The molecule has 0 bridgehead atoms. The van der Waals surface area contributed by atoms with Gasteiger partial charge in [-0.25, -0.2) is 9.97 Å². The Morgan fingerprint density at radius 3 is 2.59 bits per heavy atom. The number of likely N-dealkylation sites (tertiary alicyclic amines) is 1. The highest BCUT2D eigenvalue weighted by Gasteiger charge is 2.38. The second-order valence-corrected chi connectivity index (χ2v) is 10.2. The molecule has 1 saturated carbocycles. The maximum atomic E-state index is 13.3. The van der Waals surface area contributed by atoms with Crippen LogP contribution in [0.2, 0.25) is 0 Å². The van der Waals surface area contributed by atoms with E-state index in [1.165, 1.54) is 17.8 Å². The largest absolute Gasteiger partial charge is 0.342 e. The number of thiazole rings is 2. The zero-order chi connectivity index (χ0) is 20.1. The first-order valence-corrected chi connectivity index (χ1v) is 12.3. The summed E-state index contributed by atoms with van der Waals surface area (Å²) in [5, 5.41) is 8.54. The monoisotopic (exact) mass is 432 g/mol. The maximum Gasteiger partial charge on any atom is 0.226 e. The first-order valence-electron chi connectivity index (χ1n) is 10.5. The van der Waals surface area contributed by atoms with Gasteiger partial charge in [0, 0.05) is 55.0 Å². The molecule has 2 aliphatic rings. The lowest BCUT2D eigenvalue weighted by atomic mass is 9.69. The summed E-state index contributed by atoms with van der Waals surface area (Å²) < 4.78 is 0. The number of nitrogens with one attached hydrogen (secondary N) is 1. The number of carbonyl (C=O) groups is 2. The van der Waals surface area contributed by atoms with Gasteiger partial charge in [-0.3, -0.25) is 9.59 Å². The second kappa shape index (κ2) is 9.34. The number of anilines is 1. The SMILES string of the molecule is O=C(CC1(CC(=O)N2CCCC(c3nccs3)C2)CCCCC1)Nc1nccs1. The van der Waals surface area contributed by atoms with Crippen molar-refractivity contribution in [2.75, 3.05) is 18.4 Å². The predicted octanol–water partition coefficient (Wildman–Crippen LogP) is 4.68. The van der Waals surface area contributed by atoms with Crippen LogP contribution in [0.15, 0.2) is 23.2 Å². The molecule has 2 fully saturated rings. The molecule has 3 heterocycles. The van der Waals surface area contributed by atoms with Gasteiger partial charge in [-0.05, 0) is 31.1 Å². The molecule has 6 nitrogen and oxygen atoms in total. The third-order valence-electron chi connectivity index (χ3n) is 6.23. The summed E-state index contributed by atoms with van der Waals surface area (Å²) >= 11 is 3.11. The Balaban J connectivity index is 1.40. The topological polar surface area (TPSA) is 75.2 Å². The van der Waals surface area contributed by atoms with Crippen LogP contribution in [-0.4, -0.2) is 39.8 Å². The van der Waals surface area contributed by atoms with Crippen LogP contribution in [0.5, 0.6) is 0 Å². The van der Waals surface area contributed by atoms with Crippen molar-refractivity contribution >= 4 is 39.6 Å². The number of nitrogens with zero attached hydrogens (tertiary/aromatic N) is 3. The van der Waals surface area contributed by atoms with Crippen molar-refractivity contribution < 1.29 is 9.59 Å². The highest BCUT2D eigenvalue weighted by Crippen LogP contribution is 2.43. The van der Waals surface area contributed by atoms with Gasteiger partial charge in [-0.2, -0.15) is 0 Å². The summed E-state index contributed by atoms with van der Waals surface area (Å²) in [4.78, 5) is 36.5. The Morgan fingerprint density at radius 2 is 1.86 bits per heavy atom. The minimum Gasteiger partial charge on any atom is -0.342 e. The molecule has 2 aromatic heterocycles. The first kappa shape index (κ1) is 20.5. The zero-order valence-electron chi connectivity index (χ0n) is 16.6. The number of hydrogen-bond donors (Lipinski definition) is 1. The summed E-state index contributed by atoms with van der Waals surface area (Å²) in [6.07, 6.45) is 11.8. The number of amides is 2. The molecule has 0 radical (unpaired) electrons. The van der Waals surface area contributed by atoms with E-state index in [1.807, 2.05) is 21.9 Å². The van der Waals surface area contributed by atoms with Crippen molar-refractivity contribution in [3.05, 3.63) is 28.2 Å². The summed E-state index contributed by atoms with van der Waals surface area (Å²) in [7, 11) is 0. The van der Waals surface area contributed by atoms with Crippen LogP contribution in [0.4, 0.5) is 5.13 Å². The van der Waals surface area contributed by atoms with Crippen LogP contribution in [0, 0.1) is 5.41 Å². The lowest BCUT2D eigenvalue weighted by Gasteiger charge is -2.39. The Labute approximate surface area is 179 Å². The van der Waals surface area contributed by atoms with E-state index >= 15 is 0 Å². The Hall–Kier alpha value is -1.80. The minimum atomic E-state index is -0.217. The van der Waals surface area contributed by atoms with Crippen LogP contribution in [-0.2, 0) is 9.59 Å². The fourth-order valence-corrected chi connectivity index (χ4v) is 6.09. The Morgan fingerprint density at radius 1 is 1.07 bits per heavy atom. The molecular formula is C21H28N4O2S2. The van der Waals surface area contributed by atoms with E-state index in [2.05, 4.69) is 15.3 Å². The molecular weight excluding hydrogens is 404 g/mol. The third kappa shape index (κ3) is 5.22. The molecule has 2 amide bonds. The van der Waals surface area contributed by atoms with E-state index in [0.717, 1.165) is 56.6 Å². The molecule has 2 aromatic rings. The summed E-state index contributed by atoms with van der Waals surface area (Å²) in [6, 6.07) is 0. The molecule has 1 aliphatic carbocycles. The number of piperidine rings is 1. The zero-order valence-corrected chi connectivity index (χ0v) is 18.3. The molecule has 1 unspecified atom stereocenters. The van der Waals surface area contributed by atoms with Gasteiger partial charge in [0.15, 0.2) is 5.13 Å². The van der Waals surface area contributed by atoms with Gasteiger partial charge < -0.3 is 10.2 Å². The lowest BCUT2D eigenvalue weighted by Crippen LogP contribution is -2.42. The van der Waals surface area contributed by atoms with Gasteiger partial charge in [0.2, 0.25) is 11.8 Å². The molecule has 8 heteroatoms. The number of hydrogen-bond acceptors (Lipinski definition) is 6. The Kier molecular flexibility index (Phi) is 6.60. The highest BCUT2D eigenvalue weighted by atomic mass is 32.1. The van der Waals surface area contributed by atoms with Crippen molar-refractivity contribution in [3.63, 3.8) is 0 Å². The Bertz CT molecular complexity index is 801. The van der Waals surface area contributed by atoms with Gasteiger partial charge in [-0.15, -0.1) is 22.7 Å². The van der Waals surface area contributed by atoms with Gasteiger partial charge in [0.25, 0.3) is 0 Å². The van der Waals surface area contributed by atoms with Crippen LogP contribution in [0.25, 0.3) is 0 Å². The highest BCUT2D eigenvalue weighted by molar-refractivity contribution is 7.13. The van der Waals surface area contributed by atoms with Gasteiger partial charge in [-0.1, -0.05) is 19.3 Å². The van der Waals surface area contributed by atoms with Crippen molar-refractivity contribution in [1.82, 2.24) is 14.9 Å². The van der Waals surface area contributed by atoms with Crippen LogP contribution < -0.4 is 5.32 Å². The number of aromatic nitrogens is 2. The second-order valence-electron chi connectivity index (χ2n) is 8.35. The third-order valence-corrected chi connectivity index (χ3v) is 7.86. The van der Waals surface area contributed by atoms with Crippen LogP contribution >= 0.6 is 22.7 Å². The fraction of sp³-hybridized carbons (Fsp3) is 0.619. The maximum absolute atomic E-state index is 13.3. The van der Waals surface area contributed by atoms with Gasteiger partial charge in [0.05, 0.1) is 5.01 Å². The fourth-order valence-electron chi connectivity index (χ4n) is 4.78. The molecule has 1 aliphatic heterocycles. The molecule has 29 heavy (non-hydrogen) atoms. The van der Waals surface area contributed by atoms with Crippen molar-refractivity contribution in [2.24, 2.45) is 5.41 Å². The van der Waals surface area contributed by atoms with Gasteiger partial charge >= 0.3 is 0 Å². The molecule has 0 aromatic carbocycles. The summed E-state index contributed by atoms with van der Waals surface area (Å²) in [6.45, 7) is 1.58. The molecule has 1 atom stereocenters. The summed E-state index contributed by atoms with van der Waals surface area (Å²) in [5.41, 5.74) is -0.217. The van der Waals surface area contributed by atoms with Crippen molar-refractivity contribution in [1.29, 1.82) is 0 Å². The molecule has 156 valence electrons. The predicted molar refractivity (Wildman–Crippen MR) is 116 cm³/mol. The van der Waals surface area contributed by atoms with Crippen molar-refractivity contribution in [2.45, 2.75) is 63.7 Å². The van der Waals surface area contributed by atoms with E-state index in [4.69, 9.17) is 0 Å². The van der Waals surface area contributed by atoms with E-state index in [-0.39, 0.29) is 17.2 Å². The summed E-state index contributed by atoms with van der Waals surface area (Å²) in [5.74, 6) is 0.535. The average Bonchev–Trinajstić information content (AvgIpc) is 3.43.